The van der Waals surface area contributed by atoms with Gasteiger partial charge in [-0.05, 0) is 35.6 Å². The highest BCUT2D eigenvalue weighted by Gasteiger charge is 2.11. The van der Waals surface area contributed by atoms with E-state index in [1.807, 2.05) is 24.3 Å². The van der Waals surface area contributed by atoms with Crippen LogP contribution in [0, 0.1) is 0 Å². The van der Waals surface area contributed by atoms with E-state index in [4.69, 9.17) is 4.62 Å². The van der Waals surface area contributed by atoms with E-state index in [1.54, 1.807) is 0 Å². The molecule has 1 aliphatic rings. The molecule has 4 rings (SSSR count). The quantitative estimate of drug-likeness (QED) is 0.679. The van der Waals surface area contributed by atoms with Crippen molar-refractivity contribution in [3.05, 3.63) is 48.2 Å². The summed E-state index contributed by atoms with van der Waals surface area (Å²) in [6.45, 7) is 0.923. The molecule has 0 fully saturated rings. The van der Waals surface area contributed by atoms with Crippen LogP contribution in [0.4, 0.5) is 0 Å². The van der Waals surface area contributed by atoms with Crippen LogP contribution < -0.4 is 10.1 Å². The lowest BCUT2D eigenvalue weighted by atomic mass is 10.3. The number of aromatic nitrogens is 4. The molecule has 0 N–H and O–H groups in total. The van der Waals surface area contributed by atoms with E-state index in [1.165, 1.54) is 16.0 Å². The van der Waals surface area contributed by atoms with Crippen molar-refractivity contribution in [2.45, 2.75) is 6.54 Å². The van der Waals surface area contributed by atoms with Gasteiger partial charge in [0.05, 0.1) is 5.44 Å². The van der Waals surface area contributed by atoms with Crippen molar-refractivity contribution in [1.82, 2.24) is 19.7 Å². The van der Waals surface area contributed by atoms with E-state index in [9.17, 15) is 0 Å². The maximum Gasteiger partial charge on any atom is 0.155 e. The highest BCUT2D eigenvalue weighted by atomic mass is 31.1. The lowest BCUT2D eigenvalue weighted by molar-refractivity contribution is 0.274. The van der Waals surface area contributed by atoms with Crippen LogP contribution in [0.5, 0.6) is 0 Å². The van der Waals surface area contributed by atoms with Crippen LogP contribution in [0.1, 0.15) is 5.69 Å². The van der Waals surface area contributed by atoms with Crippen molar-refractivity contribution in [3.63, 3.8) is 0 Å². The lowest BCUT2D eigenvalue weighted by Crippen LogP contribution is -2.15. The topological polar surface area (TPSA) is 44.9 Å². The summed E-state index contributed by atoms with van der Waals surface area (Å²) in [7, 11) is 0.212. The Hall–Kier alpha value is -2.13. The zero-order chi connectivity index (χ0) is 12.7. The van der Waals surface area contributed by atoms with Crippen LogP contribution in [0.3, 0.4) is 0 Å². The van der Waals surface area contributed by atoms with Gasteiger partial charge in [0.1, 0.15) is 11.0 Å². The van der Waals surface area contributed by atoms with Gasteiger partial charge in [-0.2, -0.15) is 0 Å². The van der Waals surface area contributed by atoms with Gasteiger partial charge in [-0.3, -0.25) is 0 Å². The molecular formula is C13H11N4OP. The fourth-order valence-corrected chi connectivity index (χ4v) is 3.00. The zero-order valence-corrected chi connectivity index (χ0v) is 11.0. The maximum absolute atomic E-state index is 5.75. The molecule has 2 aromatic heterocycles. The Labute approximate surface area is 111 Å². The van der Waals surface area contributed by atoms with Crippen LogP contribution in [0.15, 0.2) is 42.5 Å². The van der Waals surface area contributed by atoms with Crippen LogP contribution >= 0.6 is 8.81 Å². The summed E-state index contributed by atoms with van der Waals surface area (Å²) >= 11 is 0. The Morgan fingerprint density at radius 2 is 2.11 bits per heavy atom. The molecule has 5 nitrogen and oxygen atoms in total. The molecule has 19 heavy (non-hydrogen) atoms. The predicted molar refractivity (Wildman–Crippen MR) is 75.5 cm³/mol. The number of allylic oxidation sites excluding steroid dienone is 1. The molecule has 0 bridgehead atoms. The molecule has 0 aliphatic carbocycles. The molecule has 1 aromatic carbocycles. The van der Waals surface area contributed by atoms with Crippen molar-refractivity contribution in [2.75, 3.05) is 0 Å². The highest BCUT2D eigenvalue weighted by molar-refractivity contribution is 7.41. The summed E-state index contributed by atoms with van der Waals surface area (Å²) in [5, 5.41) is 8.08. The first kappa shape index (κ1) is 10.8. The summed E-state index contributed by atoms with van der Waals surface area (Å²) in [5.41, 5.74) is 4.13. The summed E-state index contributed by atoms with van der Waals surface area (Å²) in [4.78, 5) is 1.50. The minimum atomic E-state index is 0.212. The molecule has 0 saturated heterocycles. The van der Waals surface area contributed by atoms with Crippen molar-refractivity contribution >= 4 is 31.4 Å². The van der Waals surface area contributed by atoms with Gasteiger partial charge in [0, 0.05) is 12.2 Å². The molecule has 1 aliphatic heterocycles. The largest absolute Gasteiger partial charge is 0.373 e. The molecule has 3 aromatic rings. The second-order valence-electron chi connectivity index (χ2n) is 4.30. The Morgan fingerprint density at radius 3 is 3.11 bits per heavy atom. The fourth-order valence-electron chi connectivity index (χ4n) is 2.21. The summed E-state index contributed by atoms with van der Waals surface area (Å²) in [6.07, 6.45) is 4.27. The molecule has 6 heteroatoms. The normalized spacial score (nSPS) is 13.7. The first-order valence-electron chi connectivity index (χ1n) is 6.02. The third kappa shape index (κ3) is 1.74. The number of fused-ring (bicyclic) bond motifs is 2. The Balaban J connectivity index is 1.59. The molecular weight excluding hydrogens is 259 g/mol. The zero-order valence-electron chi connectivity index (χ0n) is 10.0. The molecule has 0 saturated carbocycles. The number of hydrogen-bond donors (Lipinski definition) is 0. The van der Waals surface area contributed by atoms with Crippen LogP contribution in [0.2, 0.25) is 0 Å². The Morgan fingerprint density at radius 1 is 1.16 bits per heavy atom. The van der Waals surface area contributed by atoms with Gasteiger partial charge in [0.15, 0.2) is 8.81 Å². The minimum absolute atomic E-state index is 0.212. The predicted octanol–water partition coefficient (Wildman–Crippen LogP) is 1.61. The number of para-hydroxylation sites is 1. The van der Waals surface area contributed by atoms with Gasteiger partial charge in [-0.15, -0.1) is 5.10 Å². The third-order valence-electron chi connectivity index (χ3n) is 3.15. The molecule has 1 unspecified atom stereocenters. The van der Waals surface area contributed by atoms with Gasteiger partial charge in [-0.25, -0.2) is 0 Å². The molecule has 0 amide bonds. The van der Waals surface area contributed by atoms with E-state index in [0.29, 0.717) is 0 Å². The number of nitrogens with zero attached hydrogens (tertiary/aromatic N) is 4. The van der Waals surface area contributed by atoms with Crippen LogP contribution in [-0.4, -0.2) is 19.7 Å². The van der Waals surface area contributed by atoms with Crippen LogP contribution in [0.25, 0.3) is 17.1 Å². The van der Waals surface area contributed by atoms with E-state index >= 15 is 0 Å². The second-order valence-corrected chi connectivity index (χ2v) is 5.20. The third-order valence-corrected chi connectivity index (χ3v) is 4.06. The van der Waals surface area contributed by atoms with E-state index in [-0.39, 0.29) is 8.81 Å². The SMILES string of the molecule is C1=Cc2ccc(POn3nnc4ccccc43)n2C1. The maximum atomic E-state index is 5.75. The second kappa shape index (κ2) is 4.21. The summed E-state index contributed by atoms with van der Waals surface area (Å²) in [6, 6.07) is 12.0. The van der Waals surface area contributed by atoms with Crippen molar-refractivity contribution < 1.29 is 4.62 Å². The van der Waals surface area contributed by atoms with Crippen LogP contribution in [-0.2, 0) is 6.54 Å². The van der Waals surface area contributed by atoms with E-state index in [0.717, 1.165) is 17.6 Å². The number of benzene rings is 1. The molecule has 1 atom stereocenters. The molecule has 0 radical (unpaired) electrons. The van der Waals surface area contributed by atoms with E-state index < -0.39 is 0 Å². The monoisotopic (exact) mass is 270 g/mol. The highest BCUT2D eigenvalue weighted by Crippen LogP contribution is 2.18. The first-order valence-corrected chi connectivity index (χ1v) is 6.92. The van der Waals surface area contributed by atoms with Gasteiger partial charge in [0.2, 0.25) is 0 Å². The molecule has 0 spiro atoms. The lowest BCUT2D eigenvalue weighted by Gasteiger charge is -2.07. The average molecular weight is 270 g/mol. The Bertz CT molecular complexity index is 774. The summed E-state index contributed by atoms with van der Waals surface area (Å²) in [5.74, 6) is 0. The van der Waals surface area contributed by atoms with Crippen molar-refractivity contribution in [3.8, 4) is 0 Å². The van der Waals surface area contributed by atoms with Gasteiger partial charge < -0.3 is 9.19 Å². The van der Waals surface area contributed by atoms with Gasteiger partial charge >= 0.3 is 0 Å². The minimum Gasteiger partial charge on any atom is -0.373 e. The Kier molecular flexibility index (Phi) is 2.38. The number of rotatable bonds is 3. The summed E-state index contributed by atoms with van der Waals surface area (Å²) < 4.78 is 7.98. The standard InChI is InChI=1S/C13H11N4OP/c1-2-6-12-11(5-1)14-15-17(12)18-19-13-8-7-10-4-3-9-16(10)13/h1-8,19H,9H2. The smallest absolute Gasteiger partial charge is 0.155 e. The average Bonchev–Trinajstić information content (AvgIpc) is 3.12. The van der Waals surface area contributed by atoms with E-state index in [2.05, 4.69) is 39.2 Å². The fraction of sp³-hybridized carbons (Fsp3) is 0.0769. The van der Waals surface area contributed by atoms with Crippen molar-refractivity contribution in [1.29, 1.82) is 0 Å². The molecule has 94 valence electrons. The van der Waals surface area contributed by atoms with Gasteiger partial charge in [-0.1, -0.05) is 23.1 Å². The van der Waals surface area contributed by atoms with Crippen molar-refractivity contribution in [2.24, 2.45) is 0 Å². The first-order chi connectivity index (χ1) is 9.42. The molecule has 3 heterocycles. The number of hydrogen-bond acceptors (Lipinski definition) is 3. The van der Waals surface area contributed by atoms with Gasteiger partial charge in [0.25, 0.3) is 0 Å².